The molecule has 2 aromatic rings. The monoisotopic (exact) mass is 330 g/mol. The van der Waals surface area contributed by atoms with Gasteiger partial charge >= 0.3 is 0 Å². The van der Waals surface area contributed by atoms with E-state index in [1.165, 1.54) is 16.7 Å². The lowest BCUT2D eigenvalue weighted by atomic mass is 9.94. The Balaban J connectivity index is 2.15. The number of aromatic nitrogens is 1. The van der Waals surface area contributed by atoms with Gasteiger partial charge < -0.3 is 9.64 Å². The molecule has 5 heteroatoms. The molecule has 0 atom stereocenters. The van der Waals surface area contributed by atoms with Crippen LogP contribution in [0.4, 0.5) is 4.39 Å². The number of carbonyl (C=O) groups excluding carboxylic acids is 1. The molecule has 0 aliphatic rings. The number of ether oxygens (including phenoxy) is 1. The Morgan fingerprint density at radius 2 is 1.83 bits per heavy atom. The maximum Gasteiger partial charge on any atom is 0.255 e. The fourth-order valence-electron chi connectivity index (χ4n) is 2.56. The first-order valence-corrected chi connectivity index (χ1v) is 8.11. The molecule has 2 rings (SSSR count). The molecule has 0 N–H and O–H groups in total. The van der Waals surface area contributed by atoms with Crippen molar-refractivity contribution in [3.05, 3.63) is 53.5 Å². The predicted molar refractivity (Wildman–Crippen MR) is 92.1 cm³/mol. The number of carbonyl (C=O) groups is 1. The molecule has 0 spiro atoms. The Hall–Kier alpha value is -2.43. The Labute approximate surface area is 142 Å². The Kier molecular flexibility index (Phi) is 5.90. The number of rotatable bonds is 6. The van der Waals surface area contributed by atoms with Crippen LogP contribution >= 0.6 is 0 Å². The smallest absolute Gasteiger partial charge is 0.255 e. The summed E-state index contributed by atoms with van der Waals surface area (Å²) in [5, 5.41) is 0. The molecule has 0 aliphatic carbocycles. The molecule has 0 unspecified atom stereocenters. The highest BCUT2D eigenvalue weighted by atomic mass is 19.1. The van der Waals surface area contributed by atoms with Gasteiger partial charge in [0.15, 0.2) is 5.82 Å². The molecule has 24 heavy (non-hydrogen) atoms. The zero-order valence-corrected chi connectivity index (χ0v) is 14.5. The Morgan fingerprint density at radius 3 is 2.33 bits per heavy atom. The molecule has 1 heterocycles. The fourth-order valence-corrected chi connectivity index (χ4v) is 2.56. The van der Waals surface area contributed by atoms with Crippen LogP contribution in [0.3, 0.4) is 0 Å². The summed E-state index contributed by atoms with van der Waals surface area (Å²) in [6.45, 7) is 4.32. The molecule has 4 nitrogen and oxygen atoms in total. The van der Waals surface area contributed by atoms with E-state index >= 15 is 0 Å². The van der Waals surface area contributed by atoms with Gasteiger partial charge in [-0.25, -0.2) is 9.37 Å². The molecule has 0 saturated heterocycles. The van der Waals surface area contributed by atoms with E-state index in [4.69, 9.17) is 4.74 Å². The van der Waals surface area contributed by atoms with Crippen LogP contribution in [0, 0.1) is 5.82 Å². The summed E-state index contributed by atoms with van der Waals surface area (Å²) in [4.78, 5) is 17.1. The van der Waals surface area contributed by atoms with E-state index in [9.17, 15) is 9.18 Å². The highest BCUT2D eigenvalue weighted by molar-refractivity contribution is 5.93. The number of hydrogen-bond acceptors (Lipinski definition) is 3. The Morgan fingerprint density at radius 1 is 1.21 bits per heavy atom. The summed E-state index contributed by atoms with van der Waals surface area (Å²) in [5.74, 6) is -0.0668. The van der Waals surface area contributed by atoms with Gasteiger partial charge in [0.05, 0.1) is 5.56 Å². The first-order chi connectivity index (χ1) is 11.5. The van der Waals surface area contributed by atoms with Crippen molar-refractivity contribution >= 4 is 5.91 Å². The lowest BCUT2D eigenvalue weighted by molar-refractivity contribution is 0.0826. The van der Waals surface area contributed by atoms with Crippen molar-refractivity contribution in [3.63, 3.8) is 0 Å². The number of benzene rings is 1. The van der Waals surface area contributed by atoms with Crippen LogP contribution in [-0.2, 0) is 0 Å². The van der Waals surface area contributed by atoms with Crippen molar-refractivity contribution in [3.8, 4) is 11.6 Å². The summed E-state index contributed by atoms with van der Waals surface area (Å²) in [7, 11) is 3.21. The molecular formula is C19H23FN2O2. The average molecular weight is 330 g/mol. The van der Waals surface area contributed by atoms with E-state index in [1.54, 1.807) is 14.1 Å². The van der Waals surface area contributed by atoms with Crippen LogP contribution < -0.4 is 4.74 Å². The second kappa shape index (κ2) is 7.90. The van der Waals surface area contributed by atoms with Crippen LogP contribution in [-0.4, -0.2) is 29.9 Å². The summed E-state index contributed by atoms with van der Waals surface area (Å²) < 4.78 is 19.6. The molecule has 0 saturated carbocycles. The van der Waals surface area contributed by atoms with Crippen LogP contribution in [0.25, 0.3) is 0 Å². The molecular weight excluding hydrogens is 307 g/mol. The lowest BCUT2D eigenvalue weighted by Crippen LogP contribution is -2.22. The van der Waals surface area contributed by atoms with E-state index in [0.717, 1.165) is 18.9 Å². The summed E-state index contributed by atoms with van der Waals surface area (Å²) in [5.41, 5.74) is 1.43. The first-order valence-electron chi connectivity index (χ1n) is 8.11. The average Bonchev–Trinajstić information content (AvgIpc) is 2.58. The van der Waals surface area contributed by atoms with Crippen molar-refractivity contribution in [1.82, 2.24) is 9.88 Å². The number of amides is 1. The predicted octanol–water partition coefficient (Wildman–Crippen LogP) is 4.62. The van der Waals surface area contributed by atoms with E-state index in [0.29, 0.717) is 11.7 Å². The van der Waals surface area contributed by atoms with Gasteiger partial charge in [-0.2, -0.15) is 0 Å². The zero-order valence-electron chi connectivity index (χ0n) is 14.5. The van der Waals surface area contributed by atoms with Gasteiger partial charge in [-0.3, -0.25) is 4.79 Å². The van der Waals surface area contributed by atoms with Gasteiger partial charge in [0, 0.05) is 20.3 Å². The minimum Gasteiger partial charge on any atom is -0.436 e. The maximum atomic E-state index is 14.1. The van der Waals surface area contributed by atoms with Crippen LogP contribution in [0.15, 0.2) is 36.5 Å². The number of hydrogen-bond donors (Lipinski definition) is 0. The minimum atomic E-state index is -0.660. The first kappa shape index (κ1) is 17.9. The molecule has 0 radical (unpaired) electrons. The SMILES string of the molecule is CCC(CC)c1ccc(Oc2ncc(C(=O)N(C)C)cc2F)cc1. The molecule has 1 amide bonds. The highest BCUT2D eigenvalue weighted by Gasteiger charge is 2.14. The second-order valence-corrected chi connectivity index (χ2v) is 5.90. The molecule has 1 aromatic heterocycles. The van der Waals surface area contributed by atoms with Crippen molar-refractivity contribution in [2.45, 2.75) is 32.6 Å². The van der Waals surface area contributed by atoms with Crippen LogP contribution in [0.1, 0.15) is 48.5 Å². The molecule has 0 bridgehead atoms. The van der Waals surface area contributed by atoms with Gasteiger partial charge in [-0.05, 0) is 42.5 Å². The van der Waals surface area contributed by atoms with Gasteiger partial charge in [-0.1, -0.05) is 26.0 Å². The van der Waals surface area contributed by atoms with Crippen LogP contribution in [0.5, 0.6) is 11.6 Å². The fraction of sp³-hybridized carbons (Fsp3) is 0.368. The van der Waals surface area contributed by atoms with Crippen molar-refractivity contribution in [1.29, 1.82) is 0 Å². The normalized spacial score (nSPS) is 10.8. The lowest BCUT2D eigenvalue weighted by Gasteiger charge is -2.14. The third kappa shape index (κ3) is 4.10. The van der Waals surface area contributed by atoms with Gasteiger partial charge in [0.2, 0.25) is 0 Å². The van der Waals surface area contributed by atoms with E-state index in [2.05, 4.69) is 18.8 Å². The zero-order chi connectivity index (χ0) is 17.7. The summed E-state index contributed by atoms with van der Waals surface area (Å²) in [6, 6.07) is 8.76. The topological polar surface area (TPSA) is 42.4 Å². The van der Waals surface area contributed by atoms with E-state index in [-0.39, 0.29) is 17.4 Å². The molecule has 1 aromatic carbocycles. The largest absolute Gasteiger partial charge is 0.436 e. The van der Waals surface area contributed by atoms with Crippen molar-refractivity contribution in [2.75, 3.05) is 14.1 Å². The van der Waals surface area contributed by atoms with Crippen molar-refractivity contribution in [2.24, 2.45) is 0 Å². The quantitative estimate of drug-likeness (QED) is 0.776. The molecule has 128 valence electrons. The van der Waals surface area contributed by atoms with Crippen molar-refractivity contribution < 1.29 is 13.9 Å². The van der Waals surface area contributed by atoms with Gasteiger partial charge in [0.1, 0.15) is 5.75 Å². The minimum absolute atomic E-state index is 0.138. The number of nitrogens with zero attached hydrogens (tertiary/aromatic N) is 2. The van der Waals surface area contributed by atoms with Crippen LogP contribution in [0.2, 0.25) is 0 Å². The van der Waals surface area contributed by atoms with Gasteiger partial charge in [0.25, 0.3) is 11.8 Å². The Bertz CT molecular complexity index is 695. The van der Waals surface area contributed by atoms with E-state index < -0.39 is 5.82 Å². The second-order valence-electron chi connectivity index (χ2n) is 5.90. The molecule has 0 aliphatic heterocycles. The third-order valence-corrected chi connectivity index (χ3v) is 4.01. The number of pyridine rings is 1. The summed E-state index contributed by atoms with van der Waals surface area (Å²) >= 11 is 0. The highest BCUT2D eigenvalue weighted by Crippen LogP contribution is 2.27. The third-order valence-electron chi connectivity index (χ3n) is 4.01. The van der Waals surface area contributed by atoms with Gasteiger partial charge in [-0.15, -0.1) is 0 Å². The molecule has 0 fully saturated rings. The maximum absolute atomic E-state index is 14.1. The standard InChI is InChI=1S/C19H23FN2O2/c1-5-13(6-2)14-7-9-16(10-8-14)24-18-17(20)11-15(12-21-18)19(23)22(3)4/h7-13H,5-6H2,1-4H3. The summed E-state index contributed by atoms with van der Waals surface area (Å²) in [6.07, 6.45) is 3.47. The van der Waals surface area contributed by atoms with E-state index in [1.807, 2.05) is 24.3 Å². The number of halogens is 1.